The van der Waals surface area contributed by atoms with Gasteiger partial charge >= 0.3 is 0 Å². The van der Waals surface area contributed by atoms with Gasteiger partial charge in [-0.25, -0.2) is 0 Å². The number of fused-ring (bicyclic) bond motifs is 1. The molecule has 0 saturated carbocycles. The van der Waals surface area contributed by atoms with E-state index in [1.165, 1.54) is 0 Å². The third-order valence-electron chi connectivity index (χ3n) is 5.04. The molecule has 4 nitrogen and oxygen atoms in total. The molecule has 2 unspecified atom stereocenters. The minimum Gasteiger partial charge on any atom is -0.378 e. The van der Waals surface area contributed by atoms with E-state index in [0.29, 0.717) is 12.3 Å². The van der Waals surface area contributed by atoms with E-state index in [9.17, 15) is 4.79 Å². The highest BCUT2D eigenvalue weighted by molar-refractivity contribution is 5.96. The van der Waals surface area contributed by atoms with Crippen LogP contribution in [0.15, 0.2) is 30.5 Å². The molecule has 1 fully saturated rings. The average Bonchev–Trinajstić information content (AvgIpc) is 3.23. The first kappa shape index (κ1) is 18.0. The third-order valence-corrected chi connectivity index (χ3v) is 5.04. The van der Waals surface area contributed by atoms with Gasteiger partial charge in [-0.05, 0) is 62.8 Å². The van der Waals surface area contributed by atoms with E-state index in [1.807, 2.05) is 11.1 Å². The minimum atomic E-state index is 0.188. The fourth-order valence-corrected chi connectivity index (χ4v) is 3.90. The van der Waals surface area contributed by atoms with Crippen molar-refractivity contribution >= 4 is 22.5 Å². The first-order valence-electron chi connectivity index (χ1n) is 9.55. The van der Waals surface area contributed by atoms with Crippen LogP contribution in [0.25, 0.3) is 10.9 Å². The van der Waals surface area contributed by atoms with E-state index in [1.54, 1.807) is 0 Å². The monoisotopic (exact) mass is 342 g/mol. The van der Waals surface area contributed by atoms with Crippen LogP contribution in [0, 0.1) is 5.92 Å². The van der Waals surface area contributed by atoms with E-state index in [-0.39, 0.29) is 18.1 Å². The Hall–Kier alpha value is -1.81. The van der Waals surface area contributed by atoms with Crippen LogP contribution < -0.4 is 4.90 Å². The number of benzene rings is 1. The molecule has 0 aliphatic carbocycles. The van der Waals surface area contributed by atoms with Crippen LogP contribution in [0.1, 0.15) is 52.9 Å². The highest BCUT2D eigenvalue weighted by atomic mass is 16.5. The molecule has 2 atom stereocenters. The van der Waals surface area contributed by atoms with Crippen LogP contribution in [0.2, 0.25) is 0 Å². The summed E-state index contributed by atoms with van der Waals surface area (Å²) in [6, 6.07) is 8.48. The quantitative estimate of drug-likeness (QED) is 0.778. The highest BCUT2D eigenvalue weighted by Crippen LogP contribution is 2.27. The molecule has 25 heavy (non-hydrogen) atoms. The maximum absolute atomic E-state index is 13.1. The van der Waals surface area contributed by atoms with Gasteiger partial charge in [-0.1, -0.05) is 13.8 Å². The fourth-order valence-electron chi connectivity index (χ4n) is 3.90. The number of rotatable bonds is 7. The topological polar surface area (TPSA) is 45.3 Å². The number of hydrogen-bond donors (Lipinski definition) is 1. The number of H-pyrrole nitrogens is 1. The molecule has 0 spiro atoms. The molecule has 3 rings (SSSR count). The summed E-state index contributed by atoms with van der Waals surface area (Å²) < 4.78 is 5.69. The number of carbonyl (C=O) groups is 1. The van der Waals surface area contributed by atoms with Crippen LogP contribution in [0.4, 0.5) is 5.69 Å². The van der Waals surface area contributed by atoms with Crippen molar-refractivity contribution in [1.29, 1.82) is 0 Å². The molecule has 0 radical (unpaired) electrons. The number of carbonyl (C=O) groups excluding carboxylic acids is 1. The summed E-state index contributed by atoms with van der Waals surface area (Å²) in [4.78, 5) is 18.3. The van der Waals surface area contributed by atoms with Crippen molar-refractivity contribution in [2.24, 2.45) is 5.92 Å². The van der Waals surface area contributed by atoms with Crippen molar-refractivity contribution in [1.82, 2.24) is 4.98 Å². The summed E-state index contributed by atoms with van der Waals surface area (Å²) in [6.07, 6.45) is 6.79. The number of aromatic nitrogens is 1. The summed E-state index contributed by atoms with van der Waals surface area (Å²) in [7, 11) is 0. The number of amides is 1. The predicted octanol–water partition coefficient (Wildman–Crippen LogP) is 4.89. The summed E-state index contributed by atoms with van der Waals surface area (Å²) >= 11 is 0. The Morgan fingerprint density at radius 1 is 1.32 bits per heavy atom. The van der Waals surface area contributed by atoms with Gasteiger partial charge < -0.3 is 14.6 Å². The molecule has 1 aliphatic rings. The largest absolute Gasteiger partial charge is 0.378 e. The number of ether oxygens (including phenoxy) is 1. The summed E-state index contributed by atoms with van der Waals surface area (Å²) in [5.74, 6) is 0.762. The SMILES string of the molecule is CC(C)CC(C)N(C(=O)CCC1CCCO1)c1ccc2[nH]ccc2c1. The molecule has 2 aromatic rings. The molecular weight excluding hydrogens is 312 g/mol. The van der Waals surface area contributed by atoms with Crippen LogP contribution in [0.5, 0.6) is 0 Å². The average molecular weight is 342 g/mol. The molecule has 1 aromatic heterocycles. The summed E-state index contributed by atoms with van der Waals surface area (Å²) in [5, 5.41) is 1.14. The van der Waals surface area contributed by atoms with Gasteiger partial charge in [-0.2, -0.15) is 0 Å². The second-order valence-corrected chi connectivity index (χ2v) is 7.67. The van der Waals surface area contributed by atoms with E-state index < -0.39 is 0 Å². The summed E-state index contributed by atoms with van der Waals surface area (Å²) in [6.45, 7) is 7.42. The van der Waals surface area contributed by atoms with E-state index in [0.717, 1.165) is 48.9 Å². The highest BCUT2D eigenvalue weighted by Gasteiger charge is 2.25. The lowest BCUT2D eigenvalue weighted by atomic mass is 10.0. The predicted molar refractivity (Wildman–Crippen MR) is 103 cm³/mol. The van der Waals surface area contributed by atoms with Crippen LogP contribution in [-0.2, 0) is 9.53 Å². The normalized spacial score (nSPS) is 18.8. The van der Waals surface area contributed by atoms with Crippen LogP contribution in [0.3, 0.4) is 0 Å². The van der Waals surface area contributed by atoms with Gasteiger partial charge in [0.2, 0.25) is 5.91 Å². The second-order valence-electron chi connectivity index (χ2n) is 7.67. The van der Waals surface area contributed by atoms with Gasteiger partial charge in [-0.15, -0.1) is 0 Å². The Morgan fingerprint density at radius 2 is 2.16 bits per heavy atom. The van der Waals surface area contributed by atoms with Crippen molar-refractivity contribution in [3.63, 3.8) is 0 Å². The van der Waals surface area contributed by atoms with E-state index >= 15 is 0 Å². The van der Waals surface area contributed by atoms with Crippen LogP contribution in [-0.4, -0.2) is 29.6 Å². The molecular formula is C21H30N2O2. The Morgan fingerprint density at radius 3 is 2.88 bits per heavy atom. The molecule has 1 aliphatic heterocycles. The van der Waals surface area contributed by atoms with E-state index in [4.69, 9.17) is 4.74 Å². The first-order valence-corrected chi connectivity index (χ1v) is 9.55. The lowest BCUT2D eigenvalue weighted by Gasteiger charge is -2.31. The zero-order chi connectivity index (χ0) is 17.8. The Bertz CT molecular complexity index is 701. The maximum atomic E-state index is 13.1. The Labute approximate surface area is 150 Å². The van der Waals surface area contributed by atoms with Crippen molar-refractivity contribution in [2.75, 3.05) is 11.5 Å². The van der Waals surface area contributed by atoms with Crippen molar-refractivity contribution in [3.8, 4) is 0 Å². The lowest BCUT2D eigenvalue weighted by Crippen LogP contribution is -2.39. The zero-order valence-electron chi connectivity index (χ0n) is 15.6. The standard InChI is InChI=1S/C21H30N2O2/c1-15(2)13-16(3)23(21(24)9-7-19-5-4-12-25-19)18-6-8-20-17(14-18)10-11-22-20/h6,8,10-11,14-16,19,22H,4-5,7,9,12-13H2,1-3H3. The zero-order valence-corrected chi connectivity index (χ0v) is 15.6. The molecule has 4 heteroatoms. The molecule has 1 N–H and O–H groups in total. The minimum absolute atomic E-state index is 0.188. The maximum Gasteiger partial charge on any atom is 0.227 e. The molecule has 1 aromatic carbocycles. The number of nitrogens with one attached hydrogen (secondary N) is 1. The van der Waals surface area contributed by atoms with Crippen molar-refractivity contribution < 1.29 is 9.53 Å². The fraction of sp³-hybridized carbons (Fsp3) is 0.571. The number of nitrogens with zero attached hydrogens (tertiary/aromatic N) is 1. The smallest absolute Gasteiger partial charge is 0.227 e. The van der Waals surface area contributed by atoms with Gasteiger partial charge in [0.15, 0.2) is 0 Å². The second kappa shape index (κ2) is 8.05. The molecule has 1 saturated heterocycles. The van der Waals surface area contributed by atoms with Crippen molar-refractivity contribution in [2.45, 2.75) is 65.0 Å². The number of hydrogen-bond acceptors (Lipinski definition) is 2. The molecule has 0 bridgehead atoms. The number of anilines is 1. The Balaban J connectivity index is 1.78. The molecule has 2 heterocycles. The van der Waals surface area contributed by atoms with Crippen molar-refractivity contribution in [3.05, 3.63) is 30.5 Å². The molecule has 1 amide bonds. The van der Waals surface area contributed by atoms with E-state index in [2.05, 4.69) is 50.0 Å². The van der Waals surface area contributed by atoms with Gasteiger partial charge in [-0.3, -0.25) is 4.79 Å². The summed E-state index contributed by atoms with van der Waals surface area (Å²) in [5.41, 5.74) is 2.10. The van der Waals surface area contributed by atoms with Crippen LogP contribution >= 0.6 is 0 Å². The van der Waals surface area contributed by atoms with Gasteiger partial charge in [0.05, 0.1) is 6.10 Å². The Kier molecular flexibility index (Phi) is 5.79. The first-order chi connectivity index (χ1) is 12.0. The van der Waals surface area contributed by atoms with Gasteiger partial charge in [0, 0.05) is 41.9 Å². The third kappa shape index (κ3) is 4.43. The van der Waals surface area contributed by atoms with Gasteiger partial charge in [0.25, 0.3) is 0 Å². The lowest BCUT2D eigenvalue weighted by molar-refractivity contribution is -0.119. The number of aromatic amines is 1. The molecule has 136 valence electrons. The van der Waals surface area contributed by atoms with Gasteiger partial charge in [0.1, 0.15) is 0 Å².